The summed E-state index contributed by atoms with van der Waals surface area (Å²) in [5.41, 5.74) is 4.45. The summed E-state index contributed by atoms with van der Waals surface area (Å²) in [6, 6.07) is 14.2. The molecule has 2 N–H and O–H groups in total. The molecule has 1 saturated heterocycles. The van der Waals surface area contributed by atoms with Gasteiger partial charge in [-0.05, 0) is 42.0 Å². The minimum atomic E-state index is -1.03. The van der Waals surface area contributed by atoms with Crippen LogP contribution in [0.1, 0.15) is 56.1 Å². The van der Waals surface area contributed by atoms with Gasteiger partial charge in [-0.1, -0.05) is 61.4 Å². The first-order chi connectivity index (χ1) is 17.0. The Morgan fingerprint density at radius 3 is 2.34 bits per heavy atom. The molecular weight excluding hydrogens is 444 g/mol. The molecule has 35 heavy (non-hydrogen) atoms. The molecule has 1 aliphatic carbocycles. The lowest BCUT2D eigenvalue weighted by Gasteiger charge is -2.30. The molecule has 2 unspecified atom stereocenters. The van der Waals surface area contributed by atoms with Gasteiger partial charge in [0.25, 0.3) is 0 Å². The van der Waals surface area contributed by atoms with Crippen molar-refractivity contribution in [3.8, 4) is 23.0 Å². The summed E-state index contributed by atoms with van der Waals surface area (Å²) in [4.78, 5) is 39.3. The molecule has 0 aromatic heterocycles. The maximum atomic E-state index is 13.3. The number of rotatable bonds is 6. The average Bonchev–Trinajstić information content (AvgIpc) is 3.00. The van der Waals surface area contributed by atoms with E-state index in [0.29, 0.717) is 13.0 Å². The van der Waals surface area contributed by atoms with E-state index in [-0.39, 0.29) is 18.9 Å². The molecule has 2 aromatic rings. The molecule has 2 aromatic carbocycles. The van der Waals surface area contributed by atoms with Crippen LogP contribution in [-0.2, 0) is 14.3 Å². The summed E-state index contributed by atoms with van der Waals surface area (Å²) >= 11 is 0. The Hall–Kier alpha value is -3.79. The zero-order valence-electron chi connectivity index (χ0n) is 19.8. The van der Waals surface area contributed by atoms with Crippen molar-refractivity contribution in [2.45, 2.75) is 57.0 Å². The predicted molar refractivity (Wildman–Crippen MR) is 132 cm³/mol. The minimum absolute atomic E-state index is 0.0857. The third-order valence-corrected chi connectivity index (χ3v) is 6.74. The Morgan fingerprint density at radius 1 is 1.06 bits per heavy atom. The second-order valence-corrected chi connectivity index (χ2v) is 8.89. The molecule has 2 atom stereocenters. The van der Waals surface area contributed by atoms with Crippen LogP contribution >= 0.6 is 0 Å². The first-order valence-corrected chi connectivity index (χ1v) is 12.1. The van der Waals surface area contributed by atoms with E-state index in [1.54, 1.807) is 6.92 Å². The first-order valence-electron chi connectivity index (χ1n) is 12.1. The van der Waals surface area contributed by atoms with Crippen molar-refractivity contribution in [1.82, 2.24) is 10.2 Å². The molecule has 1 heterocycles. The molecule has 4 rings (SSSR count). The number of ether oxygens (including phenoxy) is 1. The van der Waals surface area contributed by atoms with Gasteiger partial charge in [0.2, 0.25) is 5.91 Å². The number of carboxylic acids is 1. The number of carbonyl (C=O) groups is 3. The Kier molecular flexibility index (Phi) is 7.71. The van der Waals surface area contributed by atoms with E-state index in [4.69, 9.17) is 4.74 Å². The SMILES string of the molecule is CC#CCC(NC(=O)OCC1c2ccccc2-c2ccccc21)C(=O)N1CCCCCC1C(=O)O. The van der Waals surface area contributed by atoms with Gasteiger partial charge in [0, 0.05) is 18.9 Å². The van der Waals surface area contributed by atoms with Gasteiger partial charge in [-0.15, -0.1) is 11.8 Å². The lowest BCUT2D eigenvalue weighted by molar-refractivity contribution is -0.151. The molecule has 0 spiro atoms. The number of alkyl carbamates (subject to hydrolysis) is 1. The normalized spacial score (nSPS) is 17.7. The highest BCUT2D eigenvalue weighted by atomic mass is 16.5. The predicted octanol–water partition coefficient (Wildman–Crippen LogP) is 4.16. The Labute approximate surface area is 205 Å². The molecule has 0 bridgehead atoms. The summed E-state index contributed by atoms with van der Waals surface area (Å²) in [5.74, 6) is 4.03. The van der Waals surface area contributed by atoms with E-state index >= 15 is 0 Å². The van der Waals surface area contributed by atoms with Gasteiger partial charge in [-0.3, -0.25) is 4.79 Å². The smallest absolute Gasteiger partial charge is 0.407 e. The largest absolute Gasteiger partial charge is 0.480 e. The monoisotopic (exact) mass is 474 g/mol. The first kappa shape index (κ1) is 24.3. The number of benzene rings is 2. The number of amides is 2. The quantitative estimate of drug-likeness (QED) is 0.613. The fourth-order valence-electron chi connectivity index (χ4n) is 5.02. The lowest BCUT2D eigenvalue weighted by atomic mass is 9.98. The maximum Gasteiger partial charge on any atom is 0.407 e. The van der Waals surface area contributed by atoms with Crippen molar-refractivity contribution in [2.75, 3.05) is 13.2 Å². The zero-order valence-corrected chi connectivity index (χ0v) is 19.8. The maximum absolute atomic E-state index is 13.3. The van der Waals surface area contributed by atoms with E-state index in [1.807, 2.05) is 36.4 Å². The molecule has 2 aliphatic rings. The fraction of sp³-hybridized carbons (Fsp3) is 0.393. The minimum Gasteiger partial charge on any atom is -0.480 e. The van der Waals surface area contributed by atoms with E-state index in [1.165, 1.54) is 4.90 Å². The second-order valence-electron chi connectivity index (χ2n) is 8.89. The van der Waals surface area contributed by atoms with Crippen molar-refractivity contribution in [1.29, 1.82) is 0 Å². The van der Waals surface area contributed by atoms with Gasteiger partial charge in [-0.2, -0.15) is 0 Å². The standard InChI is InChI=1S/C28H30N2O5/c1-2-3-15-24(26(31)30-17-10-4-5-16-25(30)27(32)33)29-28(34)35-18-23-21-13-8-6-11-19(21)20-12-7-9-14-22(20)23/h6-9,11-14,23-25H,4-5,10,15-18H2,1H3,(H,29,34)(H,32,33). The highest BCUT2D eigenvalue weighted by Gasteiger charge is 2.35. The molecule has 182 valence electrons. The summed E-state index contributed by atoms with van der Waals surface area (Å²) < 4.78 is 5.60. The van der Waals surface area contributed by atoms with E-state index in [2.05, 4.69) is 29.3 Å². The number of carboxylic acid groups (broad SMARTS) is 1. The van der Waals surface area contributed by atoms with Crippen molar-refractivity contribution >= 4 is 18.0 Å². The van der Waals surface area contributed by atoms with Crippen LogP contribution in [0.3, 0.4) is 0 Å². The average molecular weight is 475 g/mol. The number of likely N-dealkylation sites (tertiary alicyclic amines) is 1. The Morgan fingerprint density at radius 2 is 1.71 bits per heavy atom. The Balaban J connectivity index is 1.46. The molecule has 1 fully saturated rings. The zero-order chi connectivity index (χ0) is 24.8. The topological polar surface area (TPSA) is 95.9 Å². The lowest BCUT2D eigenvalue weighted by Crippen LogP contribution is -2.53. The summed E-state index contributed by atoms with van der Waals surface area (Å²) in [6.45, 7) is 2.13. The number of hydrogen-bond donors (Lipinski definition) is 2. The van der Waals surface area contributed by atoms with Crippen LogP contribution in [0.25, 0.3) is 11.1 Å². The van der Waals surface area contributed by atoms with Crippen molar-refractivity contribution in [2.24, 2.45) is 0 Å². The van der Waals surface area contributed by atoms with E-state index in [0.717, 1.165) is 41.5 Å². The number of aliphatic carboxylic acids is 1. The summed E-state index contributed by atoms with van der Waals surface area (Å²) in [6.07, 6.45) is 2.12. The highest BCUT2D eigenvalue weighted by Crippen LogP contribution is 2.44. The van der Waals surface area contributed by atoms with Crippen molar-refractivity contribution < 1.29 is 24.2 Å². The van der Waals surface area contributed by atoms with Crippen LogP contribution in [0.4, 0.5) is 4.79 Å². The van der Waals surface area contributed by atoms with Gasteiger partial charge in [0.1, 0.15) is 18.7 Å². The van der Waals surface area contributed by atoms with E-state index < -0.39 is 30.1 Å². The molecule has 0 saturated carbocycles. The Bertz CT molecular complexity index is 1120. The number of nitrogens with zero attached hydrogens (tertiary/aromatic N) is 1. The van der Waals surface area contributed by atoms with Crippen LogP contribution < -0.4 is 5.32 Å². The van der Waals surface area contributed by atoms with Crippen LogP contribution in [0.2, 0.25) is 0 Å². The summed E-state index contributed by atoms with van der Waals surface area (Å²) in [7, 11) is 0. The van der Waals surface area contributed by atoms with Gasteiger partial charge < -0.3 is 20.1 Å². The third-order valence-electron chi connectivity index (χ3n) is 6.74. The number of fused-ring (bicyclic) bond motifs is 3. The summed E-state index contributed by atoms with van der Waals surface area (Å²) in [5, 5.41) is 12.3. The number of nitrogens with one attached hydrogen (secondary N) is 1. The molecule has 1 aliphatic heterocycles. The third kappa shape index (κ3) is 5.32. The molecule has 2 amide bonds. The van der Waals surface area contributed by atoms with Gasteiger partial charge in [0.15, 0.2) is 0 Å². The van der Waals surface area contributed by atoms with Crippen LogP contribution in [0, 0.1) is 11.8 Å². The van der Waals surface area contributed by atoms with Crippen LogP contribution in [0.15, 0.2) is 48.5 Å². The van der Waals surface area contributed by atoms with Gasteiger partial charge in [-0.25, -0.2) is 9.59 Å². The number of carbonyl (C=O) groups excluding carboxylic acids is 2. The molecule has 7 heteroatoms. The van der Waals surface area contributed by atoms with Gasteiger partial charge >= 0.3 is 12.1 Å². The molecular formula is C28H30N2O5. The second kappa shape index (κ2) is 11.1. The molecule has 7 nitrogen and oxygen atoms in total. The van der Waals surface area contributed by atoms with Crippen LogP contribution in [-0.4, -0.2) is 53.2 Å². The number of hydrogen-bond acceptors (Lipinski definition) is 4. The molecule has 0 radical (unpaired) electrons. The van der Waals surface area contributed by atoms with Crippen molar-refractivity contribution in [3.63, 3.8) is 0 Å². The van der Waals surface area contributed by atoms with Gasteiger partial charge in [0.05, 0.1) is 0 Å². The fourth-order valence-corrected chi connectivity index (χ4v) is 5.02. The highest BCUT2D eigenvalue weighted by molar-refractivity contribution is 5.89. The van der Waals surface area contributed by atoms with Crippen molar-refractivity contribution in [3.05, 3.63) is 59.7 Å². The van der Waals surface area contributed by atoms with Crippen LogP contribution in [0.5, 0.6) is 0 Å². The van der Waals surface area contributed by atoms with E-state index in [9.17, 15) is 19.5 Å².